The smallest absolute Gasteiger partial charge is 0.259 e. The molecule has 2 N–H and O–H groups in total. The van der Waals surface area contributed by atoms with Gasteiger partial charge in [-0.3, -0.25) is 9.59 Å². The summed E-state index contributed by atoms with van der Waals surface area (Å²) in [5.41, 5.74) is 1.87. The zero-order valence-corrected chi connectivity index (χ0v) is 13.9. The summed E-state index contributed by atoms with van der Waals surface area (Å²) in [7, 11) is 1.53. The average molecular weight is 341 g/mol. The van der Waals surface area contributed by atoms with Crippen LogP contribution in [0.25, 0.3) is 10.2 Å². The quantitative estimate of drug-likeness (QED) is 0.761. The van der Waals surface area contributed by atoms with Crippen molar-refractivity contribution in [2.75, 3.05) is 17.7 Å². The van der Waals surface area contributed by atoms with E-state index in [0.29, 0.717) is 22.1 Å². The zero-order chi connectivity index (χ0) is 17.1. The fourth-order valence-electron chi connectivity index (χ4n) is 2.24. The Kier molecular flexibility index (Phi) is 4.43. The zero-order valence-electron chi connectivity index (χ0n) is 13.1. The highest BCUT2D eigenvalue weighted by Crippen LogP contribution is 2.29. The van der Waals surface area contributed by atoms with Gasteiger partial charge in [0.1, 0.15) is 5.75 Å². The van der Waals surface area contributed by atoms with Gasteiger partial charge in [-0.15, -0.1) is 0 Å². The number of carbonyl (C=O) groups is 2. The predicted octanol–water partition coefficient (Wildman–Crippen LogP) is 3.52. The van der Waals surface area contributed by atoms with Crippen molar-refractivity contribution in [3.05, 3.63) is 48.0 Å². The molecule has 0 aliphatic rings. The largest absolute Gasteiger partial charge is 0.496 e. The Morgan fingerprint density at radius 1 is 1.12 bits per heavy atom. The van der Waals surface area contributed by atoms with Crippen LogP contribution in [0.5, 0.6) is 5.75 Å². The number of fused-ring (bicyclic) bond motifs is 1. The molecule has 0 aliphatic carbocycles. The van der Waals surface area contributed by atoms with Crippen molar-refractivity contribution >= 4 is 44.2 Å². The lowest BCUT2D eigenvalue weighted by atomic mass is 10.2. The third-order valence-electron chi connectivity index (χ3n) is 3.28. The van der Waals surface area contributed by atoms with Gasteiger partial charge in [0.2, 0.25) is 5.91 Å². The molecule has 1 aromatic heterocycles. The van der Waals surface area contributed by atoms with E-state index in [1.807, 2.05) is 12.1 Å². The van der Waals surface area contributed by atoms with Gasteiger partial charge in [0.25, 0.3) is 5.91 Å². The minimum atomic E-state index is -0.251. The van der Waals surface area contributed by atoms with Crippen molar-refractivity contribution in [3.63, 3.8) is 0 Å². The van der Waals surface area contributed by atoms with E-state index in [0.717, 1.165) is 10.2 Å². The maximum atomic E-state index is 12.4. The fraction of sp³-hybridized carbons (Fsp3) is 0.118. The Hall–Kier alpha value is -2.93. The predicted molar refractivity (Wildman–Crippen MR) is 94.9 cm³/mol. The number of hydrogen-bond acceptors (Lipinski definition) is 5. The molecule has 0 fully saturated rings. The molecule has 0 saturated carbocycles. The highest BCUT2D eigenvalue weighted by atomic mass is 32.1. The lowest BCUT2D eigenvalue weighted by Crippen LogP contribution is -2.12. The molecule has 3 rings (SSSR count). The number of para-hydroxylation sites is 1. The molecule has 0 radical (unpaired) electrons. The van der Waals surface area contributed by atoms with Gasteiger partial charge in [-0.2, -0.15) is 0 Å². The summed E-state index contributed by atoms with van der Waals surface area (Å²) in [6.07, 6.45) is 0. The number of aromatic nitrogens is 1. The second-order valence-electron chi connectivity index (χ2n) is 5.04. The molecule has 0 unspecified atom stereocenters. The topological polar surface area (TPSA) is 80.3 Å². The van der Waals surface area contributed by atoms with Crippen molar-refractivity contribution in [1.82, 2.24) is 4.98 Å². The van der Waals surface area contributed by atoms with Crippen molar-refractivity contribution in [3.8, 4) is 5.75 Å². The molecule has 0 saturated heterocycles. The summed E-state index contributed by atoms with van der Waals surface area (Å²) in [4.78, 5) is 27.8. The lowest BCUT2D eigenvalue weighted by molar-refractivity contribution is -0.114. The highest BCUT2D eigenvalue weighted by Gasteiger charge is 2.12. The number of rotatable bonds is 4. The van der Waals surface area contributed by atoms with Gasteiger partial charge in [-0.25, -0.2) is 4.98 Å². The Bertz CT molecular complexity index is 920. The number of methoxy groups -OCH3 is 1. The summed E-state index contributed by atoms with van der Waals surface area (Å²) in [6, 6.07) is 12.4. The molecule has 2 aromatic carbocycles. The molecule has 7 heteroatoms. The highest BCUT2D eigenvalue weighted by molar-refractivity contribution is 7.22. The van der Waals surface area contributed by atoms with Crippen LogP contribution < -0.4 is 15.4 Å². The van der Waals surface area contributed by atoms with Gasteiger partial charge in [0, 0.05) is 12.6 Å². The van der Waals surface area contributed by atoms with Crippen LogP contribution in [0.1, 0.15) is 17.3 Å². The van der Waals surface area contributed by atoms with Crippen molar-refractivity contribution in [1.29, 1.82) is 0 Å². The molecule has 6 nitrogen and oxygen atoms in total. The van der Waals surface area contributed by atoms with Crippen LogP contribution in [0.2, 0.25) is 0 Å². The van der Waals surface area contributed by atoms with Gasteiger partial charge >= 0.3 is 0 Å². The SMILES string of the molecule is COc1ccccc1C(=O)Nc1ccc2nc(NC(C)=O)sc2c1. The van der Waals surface area contributed by atoms with E-state index in [9.17, 15) is 9.59 Å². The Balaban J connectivity index is 1.84. The fourth-order valence-corrected chi connectivity index (χ4v) is 3.19. The Morgan fingerprint density at radius 3 is 2.67 bits per heavy atom. The minimum Gasteiger partial charge on any atom is -0.496 e. The number of nitrogens with zero attached hydrogens (tertiary/aromatic N) is 1. The number of benzene rings is 2. The molecule has 1 heterocycles. The third kappa shape index (κ3) is 3.36. The van der Waals surface area contributed by atoms with E-state index in [2.05, 4.69) is 15.6 Å². The third-order valence-corrected chi connectivity index (χ3v) is 4.21. The van der Waals surface area contributed by atoms with E-state index in [4.69, 9.17) is 4.74 Å². The molecule has 122 valence electrons. The first kappa shape index (κ1) is 15.9. The van der Waals surface area contributed by atoms with Gasteiger partial charge < -0.3 is 15.4 Å². The van der Waals surface area contributed by atoms with Gasteiger partial charge in [0.15, 0.2) is 5.13 Å². The van der Waals surface area contributed by atoms with E-state index in [1.165, 1.54) is 25.4 Å². The van der Waals surface area contributed by atoms with Crippen LogP contribution >= 0.6 is 11.3 Å². The van der Waals surface area contributed by atoms with Gasteiger partial charge in [-0.05, 0) is 30.3 Å². The number of thiazole rings is 1. The number of carbonyl (C=O) groups excluding carboxylic acids is 2. The summed E-state index contributed by atoms with van der Waals surface area (Å²) >= 11 is 1.35. The molecule has 24 heavy (non-hydrogen) atoms. The van der Waals surface area contributed by atoms with Crippen LogP contribution in [0.3, 0.4) is 0 Å². The molecular formula is C17H15N3O3S. The summed E-state index contributed by atoms with van der Waals surface area (Å²) in [5, 5.41) is 6.04. The molecular weight excluding hydrogens is 326 g/mol. The average Bonchev–Trinajstić information content (AvgIpc) is 2.95. The van der Waals surface area contributed by atoms with Crippen LogP contribution in [0, 0.1) is 0 Å². The maximum Gasteiger partial charge on any atom is 0.259 e. The summed E-state index contributed by atoms with van der Waals surface area (Å²) in [6.45, 7) is 1.44. The minimum absolute atomic E-state index is 0.168. The van der Waals surface area contributed by atoms with E-state index in [1.54, 1.807) is 30.3 Å². The first-order chi connectivity index (χ1) is 11.6. The molecule has 0 spiro atoms. The lowest BCUT2D eigenvalue weighted by Gasteiger charge is -2.09. The maximum absolute atomic E-state index is 12.4. The van der Waals surface area contributed by atoms with Crippen LogP contribution in [0.4, 0.5) is 10.8 Å². The first-order valence-corrected chi connectivity index (χ1v) is 8.01. The van der Waals surface area contributed by atoms with E-state index < -0.39 is 0 Å². The summed E-state index contributed by atoms with van der Waals surface area (Å²) in [5.74, 6) is 0.0963. The monoisotopic (exact) mass is 341 g/mol. The molecule has 0 bridgehead atoms. The van der Waals surface area contributed by atoms with Crippen molar-refractivity contribution in [2.45, 2.75) is 6.92 Å². The standard InChI is InChI=1S/C17H15N3O3S/c1-10(21)18-17-20-13-8-7-11(9-15(13)24-17)19-16(22)12-5-3-4-6-14(12)23-2/h3-9H,1-2H3,(H,19,22)(H,18,20,21). The van der Waals surface area contributed by atoms with Gasteiger partial charge in [-0.1, -0.05) is 23.5 Å². The normalized spacial score (nSPS) is 10.4. The Labute approximate surface area is 142 Å². The number of anilines is 2. The Morgan fingerprint density at radius 2 is 1.92 bits per heavy atom. The molecule has 0 aliphatic heterocycles. The number of hydrogen-bond donors (Lipinski definition) is 2. The molecule has 2 amide bonds. The first-order valence-electron chi connectivity index (χ1n) is 7.19. The van der Waals surface area contributed by atoms with Crippen LogP contribution in [-0.4, -0.2) is 23.9 Å². The van der Waals surface area contributed by atoms with Crippen molar-refractivity contribution in [2.24, 2.45) is 0 Å². The second kappa shape index (κ2) is 6.67. The number of nitrogens with one attached hydrogen (secondary N) is 2. The molecule has 3 aromatic rings. The number of ether oxygens (including phenoxy) is 1. The summed E-state index contributed by atoms with van der Waals surface area (Å²) < 4.78 is 6.08. The van der Waals surface area contributed by atoms with E-state index in [-0.39, 0.29) is 11.8 Å². The molecule has 0 atom stereocenters. The number of amides is 2. The van der Waals surface area contributed by atoms with Crippen LogP contribution in [-0.2, 0) is 4.79 Å². The van der Waals surface area contributed by atoms with Crippen LogP contribution in [0.15, 0.2) is 42.5 Å². The van der Waals surface area contributed by atoms with E-state index >= 15 is 0 Å². The second-order valence-corrected chi connectivity index (χ2v) is 6.07. The van der Waals surface area contributed by atoms with Crippen molar-refractivity contribution < 1.29 is 14.3 Å². The van der Waals surface area contributed by atoms with Gasteiger partial charge in [0.05, 0.1) is 22.9 Å².